The minimum atomic E-state index is -0.863. The molecule has 0 spiro atoms. The van der Waals surface area contributed by atoms with Crippen LogP contribution in [-0.4, -0.2) is 19.0 Å². The van der Waals surface area contributed by atoms with Gasteiger partial charge in [-0.25, -0.2) is 0 Å². The SMILES string of the molecule is C#CCCCC(C(N)=O)C(=O)OC. The van der Waals surface area contributed by atoms with Crippen LogP contribution in [0.1, 0.15) is 19.3 Å². The second-order valence-electron chi connectivity index (χ2n) is 2.57. The fourth-order valence-electron chi connectivity index (χ4n) is 0.927. The Balaban J connectivity index is 4.04. The Morgan fingerprint density at radius 1 is 1.62 bits per heavy atom. The summed E-state index contributed by atoms with van der Waals surface area (Å²) < 4.78 is 4.41. The largest absolute Gasteiger partial charge is 0.468 e. The van der Waals surface area contributed by atoms with Gasteiger partial charge in [-0.1, -0.05) is 0 Å². The van der Waals surface area contributed by atoms with Gasteiger partial charge >= 0.3 is 5.97 Å². The molecule has 0 aromatic rings. The van der Waals surface area contributed by atoms with Gasteiger partial charge in [0.1, 0.15) is 5.92 Å². The Morgan fingerprint density at radius 3 is 2.62 bits per heavy atom. The van der Waals surface area contributed by atoms with Gasteiger partial charge in [-0.05, 0) is 12.8 Å². The molecule has 1 atom stereocenters. The number of esters is 1. The van der Waals surface area contributed by atoms with Gasteiger partial charge in [-0.3, -0.25) is 9.59 Å². The highest BCUT2D eigenvalue weighted by atomic mass is 16.5. The molecule has 1 amide bonds. The highest BCUT2D eigenvalue weighted by molar-refractivity contribution is 5.96. The summed E-state index contributed by atoms with van der Waals surface area (Å²) in [5, 5.41) is 0. The van der Waals surface area contributed by atoms with Crippen LogP contribution in [0.3, 0.4) is 0 Å². The van der Waals surface area contributed by atoms with Crippen LogP contribution < -0.4 is 5.73 Å². The molecular formula is C9H13NO3. The van der Waals surface area contributed by atoms with Crippen molar-refractivity contribution in [1.82, 2.24) is 0 Å². The van der Waals surface area contributed by atoms with Crippen molar-refractivity contribution in [2.75, 3.05) is 7.11 Å². The molecule has 0 saturated carbocycles. The lowest BCUT2D eigenvalue weighted by Gasteiger charge is -2.08. The third-order valence-corrected chi connectivity index (χ3v) is 1.64. The van der Waals surface area contributed by atoms with Crippen LogP contribution >= 0.6 is 0 Å². The van der Waals surface area contributed by atoms with E-state index in [-0.39, 0.29) is 0 Å². The summed E-state index contributed by atoms with van der Waals surface area (Å²) in [6, 6.07) is 0. The molecule has 0 rings (SSSR count). The summed E-state index contributed by atoms with van der Waals surface area (Å²) >= 11 is 0. The standard InChI is InChI=1S/C9H13NO3/c1-3-4-5-6-7(8(10)11)9(12)13-2/h1,7H,4-6H2,2H3,(H2,10,11). The first kappa shape index (κ1) is 11.5. The monoisotopic (exact) mass is 183 g/mol. The highest BCUT2D eigenvalue weighted by Gasteiger charge is 2.24. The van der Waals surface area contributed by atoms with Crippen LogP contribution in [0.4, 0.5) is 0 Å². The number of hydrogen-bond acceptors (Lipinski definition) is 3. The van der Waals surface area contributed by atoms with Crippen molar-refractivity contribution >= 4 is 11.9 Å². The molecule has 1 unspecified atom stereocenters. The van der Waals surface area contributed by atoms with E-state index in [1.165, 1.54) is 7.11 Å². The van der Waals surface area contributed by atoms with E-state index in [1.807, 2.05) is 0 Å². The third kappa shape index (κ3) is 4.16. The van der Waals surface area contributed by atoms with Crippen molar-refractivity contribution < 1.29 is 14.3 Å². The van der Waals surface area contributed by atoms with Crippen LogP contribution in [-0.2, 0) is 14.3 Å². The summed E-state index contributed by atoms with van der Waals surface area (Å²) in [6.07, 6.45) is 6.50. The van der Waals surface area contributed by atoms with Crippen molar-refractivity contribution in [3.63, 3.8) is 0 Å². The third-order valence-electron chi connectivity index (χ3n) is 1.64. The average Bonchev–Trinajstić information content (AvgIpc) is 2.11. The molecule has 0 aliphatic rings. The zero-order valence-corrected chi connectivity index (χ0v) is 7.58. The van der Waals surface area contributed by atoms with E-state index < -0.39 is 17.8 Å². The molecule has 0 aromatic carbocycles. The van der Waals surface area contributed by atoms with Gasteiger partial charge in [0.25, 0.3) is 0 Å². The van der Waals surface area contributed by atoms with Crippen molar-refractivity contribution in [1.29, 1.82) is 0 Å². The fourth-order valence-corrected chi connectivity index (χ4v) is 0.927. The number of amides is 1. The van der Waals surface area contributed by atoms with Gasteiger partial charge in [0.2, 0.25) is 5.91 Å². The normalized spacial score (nSPS) is 11.4. The molecule has 0 radical (unpaired) electrons. The first-order valence-corrected chi connectivity index (χ1v) is 3.94. The number of ether oxygens (including phenoxy) is 1. The number of hydrogen-bond donors (Lipinski definition) is 1. The number of methoxy groups -OCH3 is 1. The summed E-state index contributed by atoms with van der Waals surface area (Å²) in [6.45, 7) is 0. The number of primary amides is 1. The zero-order chi connectivity index (χ0) is 10.3. The smallest absolute Gasteiger partial charge is 0.318 e. The fraction of sp³-hybridized carbons (Fsp3) is 0.556. The Kier molecular flexibility index (Phi) is 5.37. The highest BCUT2D eigenvalue weighted by Crippen LogP contribution is 2.09. The van der Waals surface area contributed by atoms with E-state index in [0.29, 0.717) is 19.3 Å². The van der Waals surface area contributed by atoms with Gasteiger partial charge in [-0.2, -0.15) is 0 Å². The molecule has 0 saturated heterocycles. The molecule has 0 bridgehead atoms. The van der Waals surface area contributed by atoms with Crippen LogP contribution in [0.15, 0.2) is 0 Å². The molecule has 0 heterocycles. The van der Waals surface area contributed by atoms with E-state index in [4.69, 9.17) is 12.2 Å². The van der Waals surface area contributed by atoms with Gasteiger partial charge in [-0.15, -0.1) is 12.3 Å². The minimum Gasteiger partial charge on any atom is -0.468 e. The quantitative estimate of drug-likeness (QED) is 0.284. The van der Waals surface area contributed by atoms with E-state index in [2.05, 4.69) is 10.7 Å². The topological polar surface area (TPSA) is 69.4 Å². The van der Waals surface area contributed by atoms with Gasteiger partial charge in [0, 0.05) is 6.42 Å². The molecule has 0 aliphatic heterocycles. The van der Waals surface area contributed by atoms with Crippen molar-refractivity contribution in [2.24, 2.45) is 11.7 Å². The van der Waals surface area contributed by atoms with E-state index in [1.54, 1.807) is 0 Å². The minimum absolute atomic E-state index is 0.353. The lowest BCUT2D eigenvalue weighted by Crippen LogP contribution is -2.31. The molecule has 0 fully saturated rings. The second-order valence-corrected chi connectivity index (χ2v) is 2.57. The molecular weight excluding hydrogens is 170 g/mol. The molecule has 13 heavy (non-hydrogen) atoms. The summed E-state index contributed by atoms with van der Waals surface area (Å²) in [4.78, 5) is 21.7. The first-order valence-electron chi connectivity index (χ1n) is 3.94. The number of unbranched alkanes of at least 4 members (excludes halogenated alkanes) is 1. The van der Waals surface area contributed by atoms with Crippen molar-refractivity contribution in [3.8, 4) is 12.3 Å². The van der Waals surface area contributed by atoms with Crippen molar-refractivity contribution in [3.05, 3.63) is 0 Å². The van der Waals surface area contributed by atoms with Crippen LogP contribution in [0.2, 0.25) is 0 Å². The maximum Gasteiger partial charge on any atom is 0.318 e. The Bertz CT molecular complexity index is 230. The van der Waals surface area contributed by atoms with Crippen LogP contribution in [0, 0.1) is 18.3 Å². The van der Waals surface area contributed by atoms with Crippen LogP contribution in [0.5, 0.6) is 0 Å². The number of carbonyl (C=O) groups excluding carboxylic acids is 2. The molecule has 0 aromatic heterocycles. The molecule has 72 valence electrons. The summed E-state index contributed by atoms with van der Waals surface area (Å²) in [5.74, 6) is 0.296. The Labute approximate surface area is 77.4 Å². The Hall–Kier alpha value is -1.50. The molecule has 0 aliphatic carbocycles. The van der Waals surface area contributed by atoms with Crippen molar-refractivity contribution in [2.45, 2.75) is 19.3 Å². The van der Waals surface area contributed by atoms with Gasteiger partial charge < -0.3 is 10.5 Å². The van der Waals surface area contributed by atoms with Crippen LogP contribution in [0.25, 0.3) is 0 Å². The lowest BCUT2D eigenvalue weighted by molar-refractivity contribution is -0.149. The van der Waals surface area contributed by atoms with Gasteiger partial charge in [0.05, 0.1) is 7.11 Å². The maximum atomic E-state index is 11.0. The predicted molar refractivity (Wildman–Crippen MR) is 47.4 cm³/mol. The Morgan fingerprint density at radius 2 is 2.23 bits per heavy atom. The van der Waals surface area contributed by atoms with E-state index in [0.717, 1.165) is 0 Å². The number of rotatable bonds is 5. The number of nitrogens with two attached hydrogens (primary N) is 1. The second kappa shape index (κ2) is 6.06. The zero-order valence-electron chi connectivity index (χ0n) is 7.58. The summed E-state index contributed by atoms with van der Waals surface area (Å²) in [7, 11) is 1.22. The maximum absolute atomic E-state index is 11.0. The molecule has 4 heteroatoms. The number of carbonyl (C=O) groups is 2. The average molecular weight is 183 g/mol. The molecule has 2 N–H and O–H groups in total. The predicted octanol–water partition coefficient (Wildman–Crippen LogP) is 0.0644. The van der Waals surface area contributed by atoms with E-state index in [9.17, 15) is 9.59 Å². The van der Waals surface area contributed by atoms with Gasteiger partial charge in [0.15, 0.2) is 0 Å². The number of terminal acetylenes is 1. The van der Waals surface area contributed by atoms with E-state index >= 15 is 0 Å². The lowest BCUT2D eigenvalue weighted by atomic mass is 10.0. The summed E-state index contributed by atoms with van der Waals surface area (Å²) in [5.41, 5.74) is 5.00. The first-order chi connectivity index (χ1) is 6.13. The molecule has 4 nitrogen and oxygen atoms in total.